The summed E-state index contributed by atoms with van der Waals surface area (Å²) in [7, 11) is 4.15. The van der Waals surface area contributed by atoms with Crippen LogP contribution in [0.3, 0.4) is 0 Å². The smallest absolute Gasteiger partial charge is 0.510 e. The van der Waals surface area contributed by atoms with Crippen LogP contribution < -0.4 is 14.7 Å². The van der Waals surface area contributed by atoms with Gasteiger partial charge in [0, 0.05) is 17.1 Å². The van der Waals surface area contributed by atoms with E-state index in [1.165, 1.54) is 65.9 Å². The van der Waals surface area contributed by atoms with Gasteiger partial charge in [0.05, 0.1) is 0 Å². The third kappa shape index (κ3) is 4.48. The van der Waals surface area contributed by atoms with Crippen molar-refractivity contribution in [3.8, 4) is 11.1 Å². The molecular formula is C30H32N4Os. The van der Waals surface area contributed by atoms with Crippen molar-refractivity contribution in [1.82, 2.24) is 4.90 Å². The maximum absolute atomic E-state index is 3.70. The number of para-hydroxylation sites is 2. The van der Waals surface area contributed by atoms with Crippen molar-refractivity contribution in [2.75, 3.05) is 28.8 Å². The maximum Gasteiger partial charge on any atom is 4.00 e. The Morgan fingerprint density at radius 3 is 2.03 bits per heavy atom. The number of anilines is 4. The van der Waals surface area contributed by atoms with Crippen LogP contribution in [-0.4, -0.2) is 19.0 Å². The number of hydrogen-bond acceptors (Lipinski definition) is 4. The first-order valence-electron chi connectivity index (χ1n) is 11.9. The van der Waals surface area contributed by atoms with Crippen LogP contribution in [0.4, 0.5) is 22.7 Å². The molecule has 0 spiro atoms. The fourth-order valence-electron chi connectivity index (χ4n) is 5.21. The van der Waals surface area contributed by atoms with Crippen LogP contribution in [0.5, 0.6) is 0 Å². The number of rotatable bonds is 1. The summed E-state index contributed by atoms with van der Waals surface area (Å²) in [4.78, 5) is 8.71. The Morgan fingerprint density at radius 2 is 1.31 bits per heavy atom. The molecule has 0 amide bonds. The van der Waals surface area contributed by atoms with E-state index in [1.807, 2.05) is 0 Å². The monoisotopic (exact) mass is 640 g/mol. The van der Waals surface area contributed by atoms with Gasteiger partial charge < -0.3 is 27.0 Å². The number of hydrogen-bond donors (Lipinski definition) is 0. The molecular weight excluding hydrogens is 607 g/mol. The standard InChI is InChI=1S/C24H19N4.C5H10.CH3.Os/c1-25-14-24-19-8-4-3-7-18(19)20-12-11-17(13-23(20)28(24)15-25)27-16-26(2)21-9-5-6-10-22(21)27;1-2-4-5-3-1;;/h3-12,14-16H,1-2H3;1-5H2;1H3;/q-3;;-1;+4. The summed E-state index contributed by atoms with van der Waals surface area (Å²) in [5.74, 6) is 0. The largest absolute Gasteiger partial charge is 4.00 e. The summed E-state index contributed by atoms with van der Waals surface area (Å²) in [5.41, 5.74) is 9.43. The minimum Gasteiger partial charge on any atom is -0.510 e. The molecule has 0 unspecified atom stereocenters. The predicted octanol–water partition coefficient (Wildman–Crippen LogP) is 7.44. The van der Waals surface area contributed by atoms with E-state index in [2.05, 4.69) is 120 Å². The molecule has 0 aromatic heterocycles. The molecule has 180 valence electrons. The van der Waals surface area contributed by atoms with Gasteiger partial charge in [0.15, 0.2) is 0 Å². The van der Waals surface area contributed by atoms with Gasteiger partial charge in [-0.3, -0.25) is 0 Å². The normalized spacial score (nSPS) is 16.7. The molecule has 1 aliphatic carbocycles. The van der Waals surface area contributed by atoms with Crippen molar-refractivity contribution in [2.24, 2.45) is 0 Å². The van der Waals surface area contributed by atoms with Gasteiger partial charge in [-0.1, -0.05) is 79.8 Å². The van der Waals surface area contributed by atoms with E-state index >= 15 is 0 Å². The van der Waals surface area contributed by atoms with Gasteiger partial charge >= 0.3 is 19.8 Å². The van der Waals surface area contributed by atoms with Gasteiger partial charge in [0.25, 0.3) is 0 Å². The van der Waals surface area contributed by atoms with Crippen LogP contribution >= 0.6 is 0 Å². The van der Waals surface area contributed by atoms with Gasteiger partial charge in [-0.2, -0.15) is 19.4 Å². The van der Waals surface area contributed by atoms with Crippen LogP contribution in [0.25, 0.3) is 16.8 Å². The zero-order valence-corrected chi connectivity index (χ0v) is 23.2. The zero-order valence-electron chi connectivity index (χ0n) is 20.7. The molecule has 0 N–H and O–H groups in total. The molecule has 5 heteroatoms. The second-order valence-corrected chi connectivity index (χ2v) is 9.17. The van der Waals surface area contributed by atoms with E-state index in [0.717, 1.165) is 11.4 Å². The fourth-order valence-corrected chi connectivity index (χ4v) is 5.21. The van der Waals surface area contributed by atoms with Crippen molar-refractivity contribution >= 4 is 28.4 Å². The van der Waals surface area contributed by atoms with Gasteiger partial charge in [0.2, 0.25) is 0 Å². The summed E-state index contributed by atoms with van der Waals surface area (Å²) < 4.78 is 0. The molecule has 0 atom stereocenters. The first kappa shape index (κ1) is 25.3. The second kappa shape index (κ2) is 10.5. The summed E-state index contributed by atoms with van der Waals surface area (Å²) >= 11 is 0. The third-order valence-electron chi connectivity index (χ3n) is 6.85. The Bertz CT molecular complexity index is 1210. The van der Waals surface area contributed by atoms with Crippen LogP contribution in [-0.2, 0) is 19.8 Å². The number of nitrogens with zero attached hydrogens (tertiary/aromatic N) is 4. The van der Waals surface area contributed by atoms with Crippen molar-refractivity contribution in [1.29, 1.82) is 0 Å². The van der Waals surface area contributed by atoms with E-state index in [0.29, 0.717) is 0 Å². The van der Waals surface area contributed by atoms with Crippen molar-refractivity contribution in [3.63, 3.8) is 0 Å². The van der Waals surface area contributed by atoms with E-state index < -0.39 is 0 Å². The molecule has 1 fully saturated rings. The Hall–Kier alpha value is -2.76. The molecule has 7 rings (SSSR count). The molecule has 4 nitrogen and oxygen atoms in total. The van der Waals surface area contributed by atoms with E-state index in [9.17, 15) is 0 Å². The minimum atomic E-state index is 0. The first-order valence-corrected chi connectivity index (χ1v) is 11.9. The Kier molecular flexibility index (Phi) is 7.58. The summed E-state index contributed by atoms with van der Waals surface area (Å²) in [6.07, 6.45) is 9.67. The minimum absolute atomic E-state index is 0. The molecule has 3 aliphatic heterocycles. The Labute approximate surface area is 223 Å². The van der Waals surface area contributed by atoms with Crippen LogP contribution in [0.15, 0.2) is 66.9 Å². The van der Waals surface area contributed by atoms with Gasteiger partial charge in [-0.25, -0.2) is 0 Å². The van der Waals surface area contributed by atoms with Crippen molar-refractivity contribution in [3.05, 3.63) is 99.3 Å². The third-order valence-corrected chi connectivity index (χ3v) is 6.85. The SMILES string of the molecule is C1CCCC1.CN1C=C2c3ccccc3-c3ccc(N4[CH-]N(C)c5ccccc54)[c-]c3N2[CH-]1.[CH3-].[Os+4]. The second-order valence-electron chi connectivity index (χ2n) is 9.17. The molecule has 0 saturated heterocycles. The van der Waals surface area contributed by atoms with E-state index in [1.54, 1.807) is 0 Å². The van der Waals surface area contributed by atoms with Crippen LogP contribution in [0.2, 0.25) is 0 Å². The molecule has 4 aliphatic rings. The van der Waals surface area contributed by atoms with Gasteiger partial charge in [-0.15, -0.1) is 23.4 Å². The van der Waals surface area contributed by atoms with Gasteiger partial charge in [0.1, 0.15) is 0 Å². The van der Waals surface area contributed by atoms with E-state index in [-0.39, 0.29) is 27.2 Å². The van der Waals surface area contributed by atoms with Gasteiger partial charge in [-0.05, 0) is 38.0 Å². The first-order chi connectivity index (χ1) is 16.2. The van der Waals surface area contributed by atoms with Crippen molar-refractivity contribution in [2.45, 2.75) is 32.1 Å². The Morgan fingerprint density at radius 1 is 0.686 bits per heavy atom. The average molecular weight is 639 g/mol. The maximum atomic E-state index is 3.70. The predicted molar refractivity (Wildman–Crippen MR) is 144 cm³/mol. The summed E-state index contributed by atoms with van der Waals surface area (Å²) in [5, 5.41) is 0. The average Bonchev–Trinajstić information content (AvgIpc) is 3.61. The molecule has 3 aromatic carbocycles. The quantitative estimate of drug-likeness (QED) is 0.257. The molecule has 3 heterocycles. The van der Waals surface area contributed by atoms with E-state index in [4.69, 9.17) is 0 Å². The molecule has 35 heavy (non-hydrogen) atoms. The molecule has 1 saturated carbocycles. The summed E-state index contributed by atoms with van der Waals surface area (Å²) in [6.45, 7) is 4.24. The van der Waals surface area contributed by atoms with Crippen LogP contribution in [0.1, 0.15) is 37.7 Å². The Balaban J connectivity index is 0.000000371. The number of benzene rings is 3. The number of fused-ring (bicyclic) bond motifs is 7. The van der Waals surface area contributed by atoms with Crippen molar-refractivity contribution < 1.29 is 19.8 Å². The summed E-state index contributed by atoms with van der Waals surface area (Å²) in [6, 6.07) is 25.1. The molecule has 0 radical (unpaired) electrons. The topological polar surface area (TPSA) is 13.0 Å². The van der Waals surface area contributed by atoms with Crippen LogP contribution in [0, 0.1) is 26.8 Å². The molecule has 0 bridgehead atoms. The molecule has 3 aromatic rings. The fraction of sp³-hybridized carbons (Fsp3) is 0.233. The zero-order chi connectivity index (χ0) is 22.4.